The molecule has 0 bridgehead atoms. The molecule has 16 heteroatoms. The molecule has 0 saturated heterocycles. The Bertz CT molecular complexity index is 1370. The Morgan fingerprint density at radius 3 is 0.622 bits per heavy atom. The van der Waals surface area contributed by atoms with Crippen LogP contribution in [0.25, 0.3) is 0 Å². The first-order chi connectivity index (χ1) is 17.3. The number of rotatable bonds is 3. The quantitative estimate of drug-likeness (QED) is 0.285. The van der Waals surface area contributed by atoms with Crippen LogP contribution >= 0.6 is 0 Å². The van der Waals surface area contributed by atoms with Crippen molar-refractivity contribution in [1.82, 2.24) is 0 Å². The minimum absolute atomic E-state index is 0.646. The van der Waals surface area contributed by atoms with Crippen LogP contribution in [0.4, 0.5) is 69.7 Å². The van der Waals surface area contributed by atoms with Crippen molar-refractivity contribution in [3.63, 3.8) is 0 Å². The number of anilines is 3. The summed E-state index contributed by atoms with van der Waals surface area (Å²) < 4.78 is 174. The van der Waals surface area contributed by atoms with Crippen LogP contribution in [0.15, 0.2) is 0 Å². The first-order valence-corrected chi connectivity index (χ1v) is 8.86. The second kappa shape index (κ2) is 9.28. The maximum Gasteiger partial charge on any atom is 0.187 e. The second-order valence-electron chi connectivity index (χ2n) is 6.61. The molecule has 0 atom stereocenters. The summed E-state index contributed by atoms with van der Waals surface area (Å²) >= 11 is 0. The summed E-state index contributed by atoms with van der Waals surface area (Å²) in [5.74, 6) is -33.4. The molecule has 0 radical (unpaired) electrons. The highest BCUT2D eigenvalue weighted by Gasteiger charge is 2.40. The Labute approximate surface area is 196 Å². The van der Waals surface area contributed by atoms with Gasteiger partial charge in [-0.3, -0.25) is 4.90 Å². The summed E-state index contributed by atoms with van der Waals surface area (Å²) in [7, 11) is 0. The van der Waals surface area contributed by atoms with E-state index in [1.165, 1.54) is 0 Å². The second-order valence-corrected chi connectivity index (χ2v) is 6.61. The monoisotopic (exact) mass is 536 g/mol. The van der Waals surface area contributed by atoms with Gasteiger partial charge in [-0.05, 0) is 0 Å². The fourth-order valence-electron chi connectivity index (χ4n) is 3.08. The van der Waals surface area contributed by atoms with Crippen LogP contribution in [0.5, 0.6) is 0 Å². The highest BCUT2D eigenvalue weighted by atomic mass is 19.2. The van der Waals surface area contributed by atoms with E-state index in [1.807, 2.05) is 0 Å². The fourth-order valence-corrected chi connectivity index (χ4v) is 3.08. The molecule has 0 saturated carbocycles. The summed E-state index contributed by atoms with van der Waals surface area (Å²) in [6.07, 6.45) is 0. The molecule has 37 heavy (non-hydrogen) atoms. The van der Waals surface area contributed by atoms with Crippen LogP contribution in [0, 0.1) is 104 Å². The molecule has 0 aromatic heterocycles. The van der Waals surface area contributed by atoms with Crippen molar-refractivity contribution in [2.75, 3.05) is 4.90 Å². The minimum Gasteiger partial charge on any atom is -0.294 e. The Hall–Kier alpha value is -4.91. The summed E-state index contributed by atoms with van der Waals surface area (Å²) in [6, 6.07) is 1.94. The van der Waals surface area contributed by atoms with Crippen molar-refractivity contribution >= 4 is 17.1 Å². The van der Waals surface area contributed by atoms with Gasteiger partial charge in [0.25, 0.3) is 0 Å². The van der Waals surface area contributed by atoms with Gasteiger partial charge < -0.3 is 0 Å². The minimum atomic E-state index is -2.89. The van der Waals surface area contributed by atoms with Crippen molar-refractivity contribution < 1.29 is 52.7 Å². The molecule has 0 fully saturated rings. The lowest BCUT2D eigenvalue weighted by atomic mass is 10.1. The average molecular weight is 536 g/mol. The van der Waals surface area contributed by atoms with E-state index in [0.717, 1.165) is 0 Å². The van der Waals surface area contributed by atoms with E-state index >= 15 is 0 Å². The lowest BCUT2D eigenvalue weighted by Crippen LogP contribution is -2.24. The normalized spacial score (nSPS) is 10.6. The van der Waals surface area contributed by atoms with E-state index in [9.17, 15) is 52.7 Å². The van der Waals surface area contributed by atoms with Crippen LogP contribution in [0.3, 0.4) is 0 Å². The zero-order valence-electron chi connectivity index (χ0n) is 16.8. The molecule has 3 aromatic carbocycles. The molecule has 0 spiro atoms. The summed E-state index contributed by atoms with van der Waals surface area (Å²) in [4.78, 5) is -1.34. The van der Waals surface area contributed by atoms with Crippen LogP contribution < -0.4 is 4.90 Å². The van der Waals surface area contributed by atoms with Crippen LogP contribution in [0.1, 0.15) is 16.7 Å². The van der Waals surface area contributed by atoms with Gasteiger partial charge in [-0.15, -0.1) is 0 Å². The molecule has 0 unspecified atom stereocenters. The van der Waals surface area contributed by atoms with Gasteiger partial charge in [0.05, 0.1) is 0 Å². The predicted molar refractivity (Wildman–Crippen MR) is 94.8 cm³/mol. The van der Waals surface area contributed by atoms with Crippen molar-refractivity contribution in [3.8, 4) is 18.2 Å². The highest BCUT2D eigenvalue weighted by Crippen LogP contribution is 2.47. The van der Waals surface area contributed by atoms with E-state index in [4.69, 9.17) is 15.8 Å². The third-order valence-electron chi connectivity index (χ3n) is 4.73. The summed E-state index contributed by atoms with van der Waals surface area (Å²) in [5, 5.41) is 26.0. The smallest absolute Gasteiger partial charge is 0.187 e. The highest BCUT2D eigenvalue weighted by molar-refractivity contribution is 5.80. The van der Waals surface area contributed by atoms with Crippen LogP contribution in [0.2, 0.25) is 0 Å². The third kappa shape index (κ3) is 3.63. The molecule has 4 nitrogen and oxygen atoms in total. The number of hydrogen-bond acceptors (Lipinski definition) is 4. The van der Waals surface area contributed by atoms with Crippen molar-refractivity contribution in [2.24, 2.45) is 0 Å². The largest absolute Gasteiger partial charge is 0.294 e. The van der Waals surface area contributed by atoms with Gasteiger partial charge in [0.1, 0.15) is 52.0 Å². The average Bonchev–Trinajstić information content (AvgIpc) is 2.86. The molecule has 0 heterocycles. The van der Waals surface area contributed by atoms with Crippen LogP contribution in [-0.2, 0) is 0 Å². The van der Waals surface area contributed by atoms with E-state index in [2.05, 4.69) is 0 Å². The number of nitrogens with zero attached hydrogens (tertiary/aromatic N) is 4. The van der Waals surface area contributed by atoms with Crippen LogP contribution in [-0.4, -0.2) is 0 Å². The molecule has 0 amide bonds. The van der Waals surface area contributed by atoms with Gasteiger partial charge in [0.2, 0.25) is 0 Å². The Balaban J connectivity index is 2.72. The number of nitriles is 3. The van der Waals surface area contributed by atoms with Crippen molar-refractivity contribution in [1.29, 1.82) is 15.8 Å². The molecule has 0 aliphatic heterocycles. The molecule has 3 rings (SSSR count). The third-order valence-corrected chi connectivity index (χ3v) is 4.73. The SMILES string of the molecule is N#Cc1c(F)c(F)c(N(c2c(F)c(F)c(C#N)c(F)c2F)c2c(F)c(F)c(C#N)c(F)c2F)c(F)c1F. The molecular weight excluding hydrogens is 536 g/mol. The van der Waals surface area contributed by atoms with E-state index in [1.54, 1.807) is 0 Å². The topological polar surface area (TPSA) is 74.6 Å². The van der Waals surface area contributed by atoms with Gasteiger partial charge >= 0.3 is 0 Å². The first-order valence-electron chi connectivity index (χ1n) is 8.86. The van der Waals surface area contributed by atoms with Gasteiger partial charge in [0, 0.05) is 0 Å². The lowest BCUT2D eigenvalue weighted by molar-refractivity contribution is 0.435. The van der Waals surface area contributed by atoms with E-state index < -0.39 is 108 Å². The molecule has 0 N–H and O–H groups in total. The van der Waals surface area contributed by atoms with Gasteiger partial charge in [-0.1, -0.05) is 0 Å². The fraction of sp³-hybridized carbons (Fsp3) is 0. The maximum absolute atomic E-state index is 14.8. The van der Waals surface area contributed by atoms with E-state index in [-0.39, 0.29) is 0 Å². The molecule has 188 valence electrons. The molecule has 0 aliphatic carbocycles. The number of benzene rings is 3. The molecular formula is C21F12N4. The molecule has 3 aromatic rings. The Morgan fingerprint density at radius 1 is 0.324 bits per heavy atom. The van der Waals surface area contributed by atoms with Gasteiger partial charge in [-0.25, -0.2) is 52.7 Å². The van der Waals surface area contributed by atoms with Crippen molar-refractivity contribution in [3.05, 3.63) is 86.5 Å². The van der Waals surface area contributed by atoms with Gasteiger partial charge in [-0.2, -0.15) is 15.8 Å². The molecule has 0 aliphatic rings. The zero-order chi connectivity index (χ0) is 28.1. The van der Waals surface area contributed by atoms with Gasteiger partial charge in [0.15, 0.2) is 69.8 Å². The number of halogens is 12. The number of hydrogen-bond donors (Lipinski definition) is 0. The van der Waals surface area contributed by atoms with Crippen molar-refractivity contribution in [2.45, 2.75) is 0 Å². The lowest BCUT2D eigenvalue weighted by Gasteiger charge is -2.28. The summed E-state index contributed by atoms with van der Waals surface area (Å²) in [5.41, 5.74) is -14.1. The first kappa shape index (κ1) is 26.7. The predicted octanol–water partition coefficient (Wildman–Crippen LogP) is 6.44. The Morgan fingerprint density at radius 2 is 0.486 bits per heavy atom. The summed E-state index contributed by atoms with van der Waals surface area (Å²) in [6.45, 7) is 0. The Kier molecular flexibility index (Phi) is 6.69. The zero-order valence-corrected chi connectivity index (χ0v) is 16.8. The van der Waals surface area contributed by atoms with E-state index in [0.29, 0.717) is 18.2 Å². The maximum atomic E-state index is 14.8. The standard InChI is InChI=1S/C21F12N4/c22-7-4(1-34)8(23)14(29)19(13(7)28)37(20-15(30)9(24)5(2-35)10(25)16(20)31)21-17(32)11(26)6(3-36)12(27)18(21)33.